The van der Waals surface area contributed by atoms with Gasteiger partial charge < -0.3 is 15.0 Å². The summed E-state index contributed by atoms with van der Waals surface area (Å²) in [5, 5.41) is 3.16. The first-order chi connectivity index (χ1) is 14.5. The van der Waals surface area contributed by atoms with Crippen molar-refractivity contribution in [2.45, 2.75) is 71.4 Å². The van der Waals surface area contributed by atoms with E-state index < -0.39 is 0 Å². The number of ether oxygens (including phenoxy) is 1. The van der Waals surface area contributed by atoms with Gasteiger partial charge in [0.25, 0.3) is 0 Å². The van der Waals surface area contributed by atoms with Crippen molar-refractivity contribution in [1.82, 2.24) is 15.1 Å². The van der Waals surface area contributed by atoms with E-state index in [0.29, 0.717) is 19.3 Å². The number of likely N-dealkylation sites (tertiary alicyclic amines) is 1. The van der Waals surface area contributed by atoms with Gasteiger partial charge in [-0.1, -0.05) is 26.0 Å². The smallest absolute Gasteiger partial charge is 0.222 e. The Morgan fingerprint density at radius 3 is 2.47 bits per heavy atom. The van der Waals surface area contributed by atoms with E-state index in [9.17, 15) is 9.59 Å². The molecule has 0 saturated carbocycles. The summed E-state index contributed by atoms with van der Waals surface area (Å²) in [5.74, 6) is 1.14. The standard InChI is InChI=1S/C24H39N3O3/c1-4-14-27(15-5-2)24(29)11-7-10-23(28)25-21-12-16-26(17-13-21)19-20-8-6-9-22(18-20)30-3/h6,8-9,18,21H,4-5,7,10-17,19H2,1-3H3,(H,25,28). The molecule has 1 aromatic rings. The molecule has 1 N–H and O–H groups in total. The normalized spacial score (nSPS) is 15.0. The van der Waals surface area contributed by atoms with E-state index in [1.807, 2.05) is 17.0 Å². The van der Waals surface area contributed by atoms with Crippen molar-refractivity contribution in [1.29, 1.82) is 0 Å². The van der Waals surface area contributed by atoms with Crippen LogP contribution in [0.25, 0.3) is 0 Å². The van der Waals surface area contributed by atoms with Crippen LogP contribution in [-0.4, -0.2) is 60.9 Å². The number of amides is 2. The molecule has 30 heavy (non-hydrogen) atoms. The molecule has 2 rings (SSSR count). The summed E-state index contributed by atoms with van der Waals surface area (Å²) >= 11 is 0. The number of hydrogen-bond acceptors (Lipinski definition) is 4. The fourth-order valence-corrected chi connectivity index (χ4v) is 4.02. The first kappa shape index (κ1) is 24.2. The van der Waals surface area contributed by atoms with Crippen LogP contribution in [0, 0.1) is 0 Å². The third kappa shape index (κ3) is 8.34. The van der Waals surface area contributed by atoms with E-state index in [4.69, 9.17) is 4.74 Å². The van der Waals surface area contributed by atoms with Crippen LogP contribution in [0.1, 0.15) is 64.4 Å². The van der Waals surface area contributed by atoms with Crippen molar-refractivity contribution >= 4 is 11.8 Å². The first-order valence-corrected chi connectivity index (χ1v) is 11.5. The van der Waals surface area contributed by atoms with Gasteiger partial charge in [0.15, 0.2) is 0 Å². The maximum Gasteiger partial charge on any atom is 0.222 e. The quantitative estimate of drug-likeness (QED) is 0.565. The molecule has 0 radical (unpaired) electrons. The summed E-state index contributed by atoms with van der Waals surface area (Å²) in [6, 6.07) is 8.43. The first-order valence-electron chi connectivity index (χ1n) is 11.5. The lowest BCUT2D eigenvalue weighted by Gasteiger charge is -2.32. The number of carbonyl (C=O) groups is 2. The second kappa shape index (κ2) is 13.3. The van der Waals surface area contributed by atoms with Crippen molar-refractivity contribution in [3.05, 3.63) is 29.8 Å². The second-order valence-corrected chi connectivity index (χ2v) is 8.20. The predicted octanol–water partition coefficient (Wildman–Crippen LogP) is 3.59. The Hall–Kier alpha value is -2.08. The van der Waals surface area contributed by atoms with Crippen molar-refractivity contribution in [3.63, 3.8) is 0 Å². The molecule has 1 aromatic carbocycles. The van der Waals surface area contributed by atoms with E-state index >= 15 is 0 Å². The van der Waals surface area contributed by atoms with Crippen LogP contribution in [0.5, 0.6) is 5.75 Å². The van der Waals surface area contributed by atoms with Crippen molar-refractivity contribution in [2.75, 3.05) is 33.3 Å². The van der Waals surface area contributed by atoms with E-state index in [2.05, 4.69) is 36.2 Å². The second-order valence-electron chi connectivity index (χ2n) is 8.20. The van der Waals surface area contributed by atoms with E-state index in [1.165, 1.54) is 5.56 Å². The molecular formula is C24H39N3O3. The molecule has 0 atom stereocenters. The van der Waals surface area contributed by atoms with Crippen LogP contribution in [0.2, 0.25) is 0 Å². The minimum Gasteiger partial charge on any atom is -0.497 e. The lowest BCUT2D eigenvalue weighted by Crippen LogP contribution is -2.44. The SMILES string of the molecule is CCCN(CCC)C(=O)CCCC(=O)NC1CCN(Cc2cccc(OC)c2)CC1. The van der Waals surface area contributed by atoms with Crippen LogP contribution in [-0.2, 0) is 16.1 Å². The molecule has 0 unspecified atom stereocenters. The number of nitrogens with one attached hydrogen (secondary N) is 1. The molecule has 1 saturated heterocycles. The van der Waals surface area contributed by atoms with Gasteiger partial charge in [-0.25, -0.2) is 0 Å². The average Bonchev–Trinajstić information content (AvgIpc) is 2.75. The zero-order chi connectivity index (χ0) is 21.8. The molecule has 0 aromatic heterocycles. The highest BCUT2D eigenvalue weighted by atomic mass is 16.5. The molecule has 1 aliphatic rings. The molecule has 0 spiro atoms. The van der Waals surface area contributed by atoms with Crippen LogP contribution in [0.4, 0.5) is 0 Å². The molecule has 1 heterocycles. The number of benzene rings is 1. The third-order valence-corrected chi connectivity index (χ3v) is 5.63. The number of piperidine rings is 1. The minimum absolute atomic E-state index is 0.0755. The lowest BCUT2D eigenvalue weighted by atomic mass is 10.0. The van der Waals surface area contributed by atoms with Gasteiger partial charge in [0.2, 0.25) is 11.8 Å². The van der Waals surface area contributed by atoms with Gasteiger partial charge in [-0.3, -0.25) is 14.5 Å². The number of methoxy groups -OCH3 is 1. The molecule has 0 bridgehead atoms. The van der Waals surface area contributed by atoms with E-state index in [0.717, 1.165) is 64.2 Å². The van der Waals surface area contributed by atoms with Crippen LogP contribution < -0.4 is 10.1 Å². The summed E-state index contributed by atoms with van der Waals surface area (Å²) in [7, 11) is 1.69. The summed E-state index contributed by atoms with van der Waals surface area (Å²) in [4.78, 5) is 28.9. The van der Waals surface area contributed by atoms with Gasteiger partial charge >= 0.3 is 0 Å². The molecule has 1 fully saturated rings. The van der Waals surface area contributed by atoms with Crippen molar-refractivity contribution < 1.29 is 14.3 Å². The highest BCUT2D eigenvalue weighted by Gasteiger charge is 2.21. The Morgan fingerprint density at radius 1 is 1.13 bits per heavy atom. The lowest BCUT2D eigenvalue weighted by molar-refractivity contribution is -0.131. The predicted molar refractivity (Wildman–Crippen MR) is 120 cm³/mol. The van der Waals surface area contributed by atoms with E-state index in [-0.39, 0.29) is 17.9 Å². The third-order valence-electron chi connectivity index (χ3n) is 5.63. The zero-order valence-electron chi connectivity index (χ0n) is 19.0. The summed E-state index contributed by atoms with van der Waals surface area (Å²) < 4.78 is 5.30. The fourth-order valence-electron chi connectivity index (χ4n) is 4.02. The summed E-state index contributed by atoms with van der Waals surface area (Å²) in [5.41, 5.74) is 1.25. The molecular weight excluding hydrogens is 378 g/mol. The largest absolute Gasteiger partial charge is 0.497 e. The number of carbonyl (C=O) groups excluding carboxylic acids is 2. The molecule has 168 valence electrons. The molecule has 2 amide bonds. The van der Waals surface area contributed by atoms with Crippen molar-refractivity contribution in [2.24, 2.45) is 0 Å². The van der Waals surface area contributed by atoms with Crippen LogP contribution in [0.15, 0.2) is 24.3 Å². The van der Waals surface area contributed by atoms with Gasteiger partial charge in [-0.2, -0.15) is 0 Å². The summed E-state index contributed by atoms with van der Waals surface area (Å²) in [6.45, 7) is 8.66. The maximum atomic E-state index is 12.3. The van der Waals surface area contributed by atoms with E-state index in [1.54, 1.807) is 7.11 Å². The molecule has 6 heteroatoms. The highest BCUT2D eigenvalue weighted by molar-refractivity contribution is 5.79. The Bertz CT molecular complexity index is 651. The number of hydrogen-bond donors (Lipinski definition) is 1. The minimum atomic E-state index is 0.0755. The Kier molecular flexibility index (Phi) is 10.7. The van der Waals surface area contributed by atoms with Gasteiger partial charge in [0.1, 0.15) is 5.75 Å². The fraction of sp³-hybridized carbons (Fsp3) is 0.667. The van der Waals surface area contributed by atoms with Gasteiger partial charge in [-0.15, -0.1) is 0 Å². The summed E-state index contributed by atoms with van der Waals surface area (Å²) in [6.07, 6.45) is 5.41. The van der Waals surface area contributed by atoms with Gasteiger partial charge in [-0.05, 0) is 49.8 Å². The maximum absolute atomic E-state index is 12.3. The average molecular weight is 418 g/mol. The van der Waals surface area contributed by atoms with Crippen molar-refractivity contribution in [3.8, 4) is 5.75 Å². The Balaban J connectivity index is 1.64. The highest BCUT2D eigenvalue weighted by Crippen LogP contribution is 2.18. The van der Waals surface area contributed by atoms with Gasteiger partial charge in [0, 0.05) is 51.6 Å². The Labute approximate surface area is 182 Å². The van der Waals surface area contributed by atoms with Crippen LogP contribution >= 0.6 is 0 Å². The molecule has 0 aliphatic carbocycles. The molecule has 6 nitrogen and oxygen atoms in total. The zero-order valence-corrected chi connectivity index (χ0v) is 19.0. The topological polar surface area (TPSA) is 61.9 Å². The number of nitrogens with zero attached hydrogens (tertiary/aromatic N) is 2. The monoisotopic (exact) mass is 417 g/mol. The van der Waals surface area contributed by atoms with Crippen LogP contribution in [0.3, 0.4) is 0 Å². The number of rotatable bonds is 12. The van der Waals surface area contributed by atoms with Gasteiger partial charge in [0.05, 0.1) is 7.11 Å². The Morgan fingerprint density at radius 2 is 1.83 bits per heavy atom. The molecule has 1 aliphatic heterocycles.